The fourth-order valence-corrected chi connectivity index (χ4v) is 9.63. The predicted octanol–water partition coefficient (Wildman–Crippen LogP) is 13.4. The van der Waals surface area contributed by atoms with Gasteiger partial charge in [0.2, 0.25) is 0 Å². The molecule has 11 aromatic rings. The number of hydrogen-bond acceptors (Lipinski definition) is 0. The molecule has 0 unspecified atom stereocenters. The van der Waals surface area contributed by atoms with E-state index in [4.69, 9.17) is 0 Å². The largest absolute Gasteiger partial charge is 0.0616 e. The van der Waals surface area contributed by atoms with E-state index >= 15 is 0 Å². The predicted molar refractivity (Wildman–Crippen MR) is 224 cm³/mol. The van der Waals surface area contributed by atoms with E-state index in [-0.39, 0.29) is 0 Å². The molecule has 1 aliphatic carbocycles. The second-order valence-corrected chi connectivity index (χ2v) is 14.7. The molecule has 1 aliphatic rings. The Balaban J connectivity index is 1.11. The van der Waals surface area contributed by atoms with Crippen molar-refractivity contribution in [3.8, 4) is 22.3 Å². The molecule has 0 heteroatoms. The number of fused-ring (bicyclic) bond motifs is 2. The van der Waals surface area contributed by atoms with Crippen molar-refractivity contribution in [3.05, 3.63) is 186 Å². The molecule has 0 heterocycles. The minimum atomic E-state index is 1.03. The summed E-state index contributed by atoms with van der Waals surface area (Å²) in [5.41, 5.74) is 9.44. The average molecular weight is 657 g/mol. The molecule has 0 N–H and O–H groups in total. The number of aryl methyl sites for hydroxylation is 1. The van der Waals surface area contributed by atoms with Gasteiger partial charge in [-0.3, -0.25) is 0 Å². The second kappa shape index (κ2) is 10.5. The summed E-state index contributed by atoms with van der Waals surface area (Å²) in [6, 6.07) is 64.1. The molecule has 0 bridgehead atoms. The van der Waals surface area contributed by atoms with Crippen LogP contribution in [0.1, 0.15) is 17.5 Å². The van der Waals surface area contributed by atoms with Gasteiger partial charge in [-0.05, 0) is 145 Å². The van der Waals surface area contributed by atoms with E-state index < -0.39 is 0 Å². The maximum absolute atomic E-state index is 2.40. The Bertz CT molecular complexity index is 3340. The summed E-state index contributed by atoms with van der Waals surface area (Å²) in [6.45, 7) is 0. The Hall–Kier alpha value is -6.50. The van der Waals surface area contributed by atoms with Crippen molar-refractivity contribution in [1.29, 1.82) is 0 Å². The molecule has 52 heavy (non-hydrogen) atoms. The molecule has 0 saturated carbocycles. The number of rotatable bonds is 3. The van der Waals surface area contributed by atoms with Crippen LogP contribution in [0.15, 0.2) is 170 Å². The zero-order valence-corrected chi connectivity index (χ0v) is 28.6. The Kier molecular flexibility index (Phi) is 5.71. The fourth-order valence-electron chi connectivity index (χ4n) is 9.63. The molecule has 0 aromatic heterocycles. The Morgan fingerprint density at radius 1 is 0.288 bits per heavy atom. The molecule has 0 atom stereocenters. The first-order valence-electron chi connectivity index (χ1n) is 18.5. The van der Waals surface area contributed by atoms with Crippen LogP contribution >= 0.6 is 0 Å². The van der Waals surface area contributed by atoms with E-state index in [0.717, 1.165) is 12.8 Å². The topological polar surface area (TPSA) is 0 Å². The summed E-state index contributed by atoms with van der Waals surface area (Å²) in [7, 11) is 0. The van der Waals surface area contributed by atoms with Crippen LogP contribution in [-0.4, -0.2) is 0 Å². The zero-order chi connectivity index (χ0) is 33.9. The first kappa shape index (κ1) is 28.2. The third-order valence-corrected chi connectivity index (χ3v) is 12.1. The molecular weight excluding hydrogens is 625 g/mol. The minimum Gasteiger partial charge on any atom is -0.0616 e. The highest BCUT2D eigenvalue weighted by molar-refractivity contribution is 6.27. The van der Waals surface area contributed by atoms with Gasteiger partial charge in [-0.15, -0.1) is 0 Å². The van der Waals surface area contributed by atoms with Crippen molar-refractivity contribution in [3.63, 3.8) is 0 Å². The van der Waals surface area contributed by atoms with E-state index in [9.17, 15) is 0 Å². The van der Waals surface area contributed by atoms with Gasteiger partial charge in [-0.2, -0.15) is 0 Å². The second-order valence-electron chi connectivity index (χ2n) is 14.7. The molecule has 12 rings (SSSR count). The highest BCUT2D eigenvalue weighted by atomic mass is 14.2. The zero-order valence-electron chi connectivity index (χ0n) is 28.6. The van der Waals surface area contributed by atoms with Gasteiger partial charge in [-0.1, -0.05) is 158 Å². The molecule has 0 fully saturated rings. The standard InChI is InChI=1S/C52H32/c1-3-7-37-29-39(11-9-31(37)5-1)41-21-13-33-19-27-47-43(23-15-35-17-25-45(41)49(33)51(35)47)44-24-16-36-18-26-46-42(22-14-34-20-28-48(44)52(36)50(34)46)40-12-10-32-6-2-4-8-38(32)30-40/h1-15,17-23,25-30H,16,24H2. The van der Waals surface area contributed by atoms with Gasteiger partial charge in [-0.25, -0.2) is 0 Å². The fraction of sp³-hybridized carbons (Fsp3) is 0.0385. The monoisotopic (exact) mass is 656 g/mol. The summed E-state index contributed by atoms with van der Waals surface area (Å²) in [4.78, 5) is 0. The number of hydrogen-bond donors (Lipinski definition) is 0. The summed E-state index contributed by atoms with van der Waals surface area (Å²) in [5.74, 6) is 0. The molecule has 0 amide bonds. The van der Waals surface area contributed by atoms with Crippen LogP contribution in [0.2, 0.25) is 0 Å². The van der Waals surface area contributed by atoms with E-state index in [1.165, 1.54) is 120 Å². The van der Waals surface area contributed by atoms with Gasteiger partial charge in [0.25, 0.3) is 0 Å². The van der Waals surface area contributed by atoms with E-state index in [0.29, 0.717) is 0 Å². The quantitative estimate of drug-likeness (QED) is 0.166. The van der Waals surface area contributed by atoms with E-state index in [1.807, 2.05) is 0 Å². The minimum absolute atomic E-state index is 1.03. The van der Waals surface area contributed by atoms with Gasteiger partial charge in [0, 0.05) is 0 Å². The smallest absolute Gasteiger partial charge is 0.00203 e. The van der Waals surface area contributed by atoms with Crippen LogP contribution in [0.25, 0.3) is 103 Å². The van der Waals surface area contributed by atoms with Crippen molar-refractivity contribution < 1.29 is 0 Å². The van der Waals surface area contributed by atoms with Crippen molar-refractivity contribution in [1.82, 2.24) is 0 Å². The highest BCUT2D eigenvalue weighted by Gasteiger charge is 2.21. The summed E-state index contributed by atoms with van der Waals surface area (Å²) in [5, 5.41) is 20.0. The molecule has 0 nitrogen and oxygen atoms in total. The average Bonchev–Trinajstić information content (AvgIpc) is 3.21. The Morgan fingerprint density at radius 3 is 1.33 bits per heavy atom. The van der Waals surface area contributed by atoms with Crippen LogP contribution in [0.5, 0.6) is 0 Å². The highest BCUT2D eigenvalue weighted by Crippen LogP contribution is 2.44. The van der Waals surface area contributed by atoms with E-state index in [2.05, 4.69) is 170 Å². The molecule has 11 aromatic carbocycles. The molecule has 240 valence electrons. The van der Waals surface area contributed by atoms with Crippen molar-refractivity contribution >= 4 is 81.0 Å². The first-order chi connectivity index (χ1) is 25.8. The Labute approximate surface area is 301 Å². The van der Waals surface area contributed by atoms with Crippen LogP contribution in [0.4, 0.5) is 0 Å². The van der Waals surface area contributed by atoms with Gasteiger partial charge < -0.3 is 0 Å². The summed E-state index contributed by atoms with van der Waals surface area (Å²) >= 11 is 0. The molecular formula is C52H32. The SMILES string of the molecule is c1ccc2cc(-c3ccc4ccc5c6c(ccc3c46)CCC=5c3ccc4ccc5c(-c6ccc7ccccc7c6)ccc6ccc3c4c65)ccc2c1. The van der Waals surface area contributed by atoms with Gasteiger partial charge >= 0.3 is 0 Å². The summed E-state index contributed by atoms with van der Waals surface area (Å²) in [6.07, 6.45) is 2.08. The maximum Gasteiger partial charge on any atom is -0.00203 e. The molecule has 0 saturated heterocycles. The van der Waals surface area contributed by atoms with Crippen LogP contribution in [-0.2, 0) is 6.42 Å². The van der Waals surface area contributed by atoms with Crippen molar-refractivity contribution in [2.24, 2.45) is 0 Å². The van der Waals surface area contributed by atoms with Crippen molar-refractivity contribution in [2.45, 2.75) is 12.8 Å². The van der Waals surface area contributed by atoms with Crippen LogP contribution in [0, 0.1) is 0 Å². The third-order valence-electron chi connectivity index (χ3n) is 12.1. The lowest BCUT2D eigenvalue weighted by molar-refractivity contribution is 1.01. The molecule has 0 radical (unpaired) electrons. The molecule has 0 spiro atoms. The molecule has 0 aliphatic heterocycles. The number of benzene rings is 11. The van der Waals surface area contributed by atoms with Crippen LogP contribution < -0.4 is 5.22 Å². The lowest BCUT2D eigenvalue weighted by Crippen LogP contribution is -2.16. The Morgan fingerprint density at radius 2 is 0.731 bits per heavy atom. The lowest BCUT2D eigenvalue weighted by atomic mass is 9.81. The van der Waals surface area contributed by atoms with Crippen LogP contribution in [0.3, 0.4) is 0 Å². The normalized spacial score (nSPS) is 13.2. The first-order valence-corrected chi connectivity index (χ1v) is 18.5. The summed E-state index contributed by atoms with van der Waals surface area (Å²) < 4.78 is 0. The lowest BCUT2D eigenvalue weighted by Gasteiger charge is -2.23. The van der Waals surface area contributed by atoms with Gasteiger partial charge in [0.15, 0.2) is 0 Å². The third kappa shape index (κ3) is 3.92. The van der Waals surface area contributed by atoms with Crippen molar-refractivity contribution in [2.75, 3.05) is 0 Å². The van der Waals surface area contributed by atoms with Gasteiger partial charge in [0.05, 0.1) is 0 Å². The van der Waals surface area contributed by atoms with E-state index in [1.54, 1.807) is 0 Å². The maximum atomic E-state index is 2.40. The van der Waals surface area contributed by atoms with Gasteiger partial charge in [0.1, 0.15) is 0 Å².